The lowest BCUT2D eigenvalue weighted by Crippen LogP contribution is -2.52. The van der Waals surface area contributed by atoms with Gasteiger partial charge in [0.1, 0.15) is 12.6 Å². The van der Waals surface area contributed by atoms with Gasteiger partial charge in [0.25, 0.3) is 10.0 Å². The van der Waals surface area contributed by atoms with Gasteiger partial charge in [-0.05, 0) is 61.4 Å². The van der Waals surface area contributed by atoms with Crippen molar-refractivity contribution in [3.8, 4) is 0 Å². The number of halogens is 3. The highest BCUT2D eigenvalue weighted by Gasteiger charge is 2.33. The second-order valence-corrected chi connectivity index (χ2v) is 12.0. The Balaban J connectivity index is 2.07. The zero-order valence-corrected chi connectivity index (χ0v) is 24.8. The average molecular weight is 641 g/mol. The first-order valence-electron chi connectivity index (χ1n) is 11.9. The SMILES string of the molecule is CCNC(=O)C(CC)N(Cc1ccc(Cl)cc1Cl)C(=O)CN(c1cccc(Br)c1)S(=O)(=O)c1ccccc1. The molecule has 0 radical (unpaired) electrons. The van der Waals surface area contributed by atoms with Gasteiger partial charge >= 0.3 is 0 Å². The topological polar surface area (TPSA) is 86.8 Å². The van der Waals surface area contributed by atoms with Gasteiger partial charge in [-0.15, -0.1) is 0 Å². The highest BCUT2D eigenvalue weighted by atomic mass is 79.9. The molecular formula is C27H28BrCl2N3O4S. The summed E-state index contributed by atoms with van der Waals surface area (Å²) in [7, 11) is -4.13. The predicted octanol–water partition coefficient (Wildman–Crippen LogP) is 5.89. The number of carbonyl (C=O) groups excluding carboxylic acids is 2. The molecule has 0 saturated heterocycles. The van der Waals surface area contributed by atoms with E-state index in [9.17, 15) is 18.0 Å². The third-order valence-electron chi connectivity index (χ3n) is 5.80. The monoisotopic (exact) mass is 639 g/mol. The number of carbonyl (C=O) groups is 2. The fourth-order valence-corrected chi connectivity index (χ4v) is 6.21. The molecule has 1 N–H and O–H groups in total. The van der Waals surface area contributed by atoms with Crippen LogP contribution in [0.1, 0.15) is 25.8 Å². The highest BCUT2D eigenvalue weighted by molar-refractivity contribution is 9.10. The molecule has 1 unspecified atom stereocenters. The van der Waals surface area contributed by atoms with Crippen LogP contribution in [0.15, 0.2) is 82.2 Å². The van der Waals surface area contributed by atoms with E-state index in [1.54, 1.807) is 74.5 Å². The number of sulfonamides is 1. The standard InChI is InChI=1S/C27H28BrCl2N3O4S/c1-3-25(27(35)31-4-2)32(17-19-13-14-21(29)16-24(19)30)26(34)18-33(22-10-8-9-20(28)15-22)38(36,37)23-11-6-5-7-12-23/h5-16,25H,3-4,17-18H2,1-2H3,(H,31,35). The van der Waals surface area contributed by atoms with Gasteiger partial charge in [-0.25, -0.2) is 8.42 Å². The van der Waals surface area contributed by atoms with Crippen LogP contribution >= 0.6 is 39.1 Å². The molecule has 3 rings (SSSR count). The summed E-state index contributed by atoms with van der Waals surface area (Å²) in [5, 5.41) is 3.53. The quantitative estimate of drug-likeness (QED) is 0.283. The minimum absolute atomic E-state index is 0.0117. The first-order chi connectivity index (χ1) is 18.1. The maximum Gasteiger partial charge on any atom is 0.264 e. The van der Waals surface area contributed by atoms with Gasteiger partial charge in [-0.1, -0.05) is 76.4 Å². The number of benzene rings is 3. The molecule has 11 heteroatoms. The molecule has 202 valence electrons. The number of nitrogens with one attached hydrogen (secondary N) is 1. The Morgan fingerprint density at radius 2 is 1.68 bits per heavy atom. The lowest BCUT2D eigenvalue weighted by atomic mass is 10.1. The number of likely N-dealkylation sites (N-methyl/N-ethyl adjacent to an activating group) is 1. The van der Waals surface area contributed by atoms with Crippen molar-refractivity contribution < 1.29 is 18.0 Å². The first kappa shape index (κ1) is 30.0. The minimum atomic E-state index is -4.13. The van der Waals surface area contributed by atoms with E-state index >= 15 is 0 Å². The minimum Gasteiger partial charge on any atom is -0.355 e. The summed E-state index contributed by atoms with van der Waals surface area (Å²) in [6, 6.07) is 18.6. The van der Waals surface area contributed by atoms with Crippen LogP contribution in [0.25, 0.3) is 0 Å². The molecular weight excluding hydrogens is 613 g/mol. The van der Waals surface area contributed by atoms with E-state index in [-0.39, 0.29) is 17.3 Å². The Kier molecular flexibility index (Phi) is 10.6. The van der Waals surface area contributed by atoms with Crippen molar-refractivity contribution in [2.45, 2.75) is 37.8 Å². The number of hydrogen-bond acceptors (Lipinski definition) is 4. The summed E-state index contributed by atoms with van der Waals surface area (Å²) in [6.07, 6.45) is 0.311. The van der Waals surface area contributed by atoms with Crippen LogP contribution in [0, 0.1) is 0 Å². The largest absolute Gasteiger partial charge is 0.355 e. The zero-order valence-electron chi connectivity index (χ0n) is 20.9. The van der Waals surface area contributed by atoms with E-state index in [4.69, 9.17) is 23.2 Å². The van der Waals surface area contributed by atoms with E-state index in [0.717, 1.165) is 4.31 Å². The van der Waals surface area contributed by atoms with Crippen LogP contribution in [0.3, 0.4) is 0 Å². The summed E-state index contributed by atoms with van der Waals surface area (Å²) < 4.78 is 29.2. The van der Waals surface area contributed by atoms with Gasteiger partial charge in [-0.3, -0.25) is 13.9 Å². The van der Waals surface area contributed by atoms with Gasteiger partial charge < -0.3 is 10.2 Å². The van der Waals surface area contributed by atoms with Crippen LogP contribution < -0.4 is 9.62 Å². The fourth-order valence-electron chi connectivity index (χ4n) is 3.92. The number of nitrogens with zero attached hydrogens (tertiary/aromatic N) is 2. The lowest BCUT2D eigenvalue weighted by Gasteiger charge is -2.33. The summed E-state index contributed by atoms with van der Waals surface area (Å²) in [5.41, 5.74) is 0.874. The molecule has 1 atom stereocenters. The molecule has 0 fully saturated rings. The fraction of sp³-hybridized carbons (Fsp3) is 0.259. The second-order valence-electron chi connectivity index (χ2n) is 8.38. The molecule has 0 aliphatic heterocycles. The van der Waals surface area contributed by atoms with Crippen LogP contribution in [0.5, 0.6) is 0 Å². The van der Waals surface area contributed by atoms with E-state index in [0.29, 0.717) is 38.7 Å². The van der Waals surface area contributed by atoms with Crippen molar-refractivity contribution in [2.75, 3.05) is 17.4 Å². The van der Waals surface area contributed by atoms with Crippen molar-refractivity contribution in [3.63, 3.8) is 0 Å². The van der Waals surface area contributed by atoms with E-state index in [2.05, 4.69) is 21.2 Å². The molecule has 2 amide bonds. The Morgan fingerprint density at radius 3 is 2.29 bits per heavy atom. The molecule has 3 aromatic carbocycles. The molecule has 0 saturated carbocycles. The maximum absolute atomic E-state index is 13.9. The molecule has 0 spiro atoms. The Labute approximate surface area is 241 Å². The number of anilines is 1. The van der Waals surface area contributed by atoms with E-state index in [1.165, 1.54) is 17.0 Å². The molecule has 7 nitrogen and oxygen atoms in total. The van der Waals surface area contributed by atoms with Crippen LogP contribution in [0.2, 0.25) is 10.0 Å². The first-order valence-corrected chi connectivity index (χ1v) is 14.9. The van der Waals surface area contributed by atoms with Gasteiger partial charge in [-0.2, -0.15) is 0 Å². The molecule has 38 heavy (non-hydrogen) atoms. The van der Waals surface area contributed by atoms with Gasteiger partial charge in [0, 0.05) is 27.6 Å². The summed E-state index contributed by atoms with van der Waals surface area (Å²) in [6.45, 7) is 3.41. The molecule has 0 aromatic heterocycles. The predicted molar refractivity (Wildman–Crippen MR) is 155 cm³/mol. The molecule has 0 aliphatic carbocycles. The maximum atomic E-state index is 13.9. The molecule has 0 bridgehead atoms. The average Bonchev–Trinajstić information content (AvgIpc) is 2.88. The van der Waals surface area contributed by atoms with Crippen molar-refractivity contribution in [1.82, 2.24) is 10.2 Å². The summed E-state index contributed by atoms with van der Waals surface area (Å²) in [4.78, 5) is 28.3. The smallest absolute Gasteiger partial charge is 0.264 e. The van der Waals surface area contributed by atoms with E-state index < -0.39 is 28.5 Å². The van der Waals surface area contributed by atoms with Crippen molar-refractivity contribution in [2.24, 2.45) is 0 Å². The second kappa shape index (κ2) is 13.5. The third kappa shape index (κ3) is 7.28. The third-order valence-corrected chi connectivity index (χ3v) is 8.67. The van der Waals surface area contributed by atoms with Crippen molar-refractivity contribution in [3.05, 3.63) is 92.9 Å². The molecule has 3 aromatic rings. The van der Waals surface area contributed by atoms with E-state index in [1.807, 2.05) is 0 Å². The number of amides is 2. The number of rotatable bonds is 11. The Morgan fingerprint density at radius 1 is 0.974 bits per heavy atom. The summed E-state index contributed by atoms with van der Waals surface area (Å²) >= 11 is 15.8. The van der Waals surface area contributed by atoms with Crippen LogP contribution in [-0.4, -0.2) is 44.3 Å². The zero-order chi connectivity index (χ0) is 27.9. The normalized spacial score (nSPS) is 12.0. The Bertz CT molecular complexity index is 1390. The van der Waals surface area contributed by atoms with Gasteiger partial charge in [0.15, 0.2) is 0 Å². The van der Waals surface area contributed by atoms with Crippen molar-refractivity contribution in [1.29, 1.82) is 0 Å². The van der Waals surface area contributed by atoms with Crippen LogP contribution in [0.4, 0.5) is 5.69 Å². The lowest BCUT2D eigenvalue weighted by molar-refractivity contribution is -0.140. The Hall–Kier alpha value is -2.59. The summed E-state index contributed by atoms with van der Waals surface area (Å²) in [5.74, 6) is -0.901. The highest BCUT2D eigenvalue weighted by Crippen LogP contribution is 2.28. The van der Waals surface area contributed by atoms with Gasteiger partial charge in [0.2, 0.25) is 11.8 Å². The molecule has 0 heterocycles. The number of hydrogen-bond donors (Lipinski definition) is 1. The van der Waals surface area contributed by atoms with Crippen LogP contribution in [-0.2, 0) is 26.2 Å². The molecule has 0 aliphatic rings. The van der Waals surface area contributed by atoms with Gasteiger partial charge in [0.05, 0.1) is 10.6 Å². The van der Waals surface area contributed by atoms with Crippen molar-refractivity contribution >= 4 is 66.7 Å².